The molecule has 36 heavy (non-hydrogen) atoms. The number of halogens is 1. The first-order chi connectivity index (χ1) is 16.5. The van der Waals surface area contributed by atoms with Gasteiger partial charge in [0.05, 0.1) is 45.0 Å². The molecule has 0 amide bonds. The molecule has 0 aliphatic rings. The third-order valence-electron chi connectivity index (χ3n) is 4.94. The fourth-order valence-electron chi connectivity index (χ4n) is 3.47. The number of carbonyl (C=O) groups excluding carboxylic acids is 1. The SMILES string of the molecule is Cc1cccc(C#Cc2ccc(S(=O)(=O)N[C@H](CC(=O)OCc3ccccc3)C[N+](C)(C)C)s2)c1.[I-]. The molecule has 192 valence electrons. The highest BCUT2D eigenvalue weighted by Gasteiger charge is 2.28. The van der Waals surface area contributed by atoms with E-state index in [9.17, 15) is 13.2 Å². The van der Waals surface area contributed by atoms with Crippen LogP contribution in [-0.4, -0.2) is 52.6 Å². The zero-order valence-corrected chi connectivity index (χ0v) is 24.6. The van der Waals surface area contributed by atoms with Crippen LogP contribution in [0.1, 0.15) is 28.0 Å². The van der Waals surface area contributed by atoms with Gasteiger partial charge in [-0.15, -0.1) is 11.3 Å². The van der Waals surface area contributed by atoms with Crippen molar-refractivity contribution in [2.45, 2.75) is 30.2 Å². The van der Waals surface area contributed by atoms with E-state index < -0.39 is 22.0 Å². The van der Waals surface area contributed by atoms with Gasteiger partial charge in [-0.25, -0.2) is 13.1 Å². The van der Waals surface area contributed by atoms with Crippen molar-refractivity contribution in [3.05, 3.63) is 88.3 Å². The lowest BCUT2D eigenvalue weighted by Gasteiger charge is -2.29. The van der Waals surface area contributed by atoms with Gasteiger partial charge >= 0.3 is 5.97 Å². The summed E-state index contributed by atoms with van der Waals surface area (Å²) in [6.07, 6.45) is -0.0625. The second-order valence-electron chi connectivity index (χ2n) is 9.38. The summed E-state index contributed by atoms with van der Waals surface area (Å²) < 4.78 is 35.0. The summed E-state index contributed by atoms with van der Waals surface area (Å²) in [6, 6.07) is 19.8. The highest BCUT2D eigenvalue weighted by atomic mass is 127. The van der Waals surface area contributed by atoms with E-state index in [1.54, 1.807) is 12.1 Å². The zero-order chi connectivity index (χ0) is 25.5. The van der Waals surface area contributed by atoms with Crippen LogP contribution in [0, 0.1) is 18.8 Å². The van der Waals surface area contributed by atoms with Crippen molar-refractivity contribution < 1.29 is 46.4 Å². The van der Waals surface area contributed by atoms with E-state index in [1.165, 1.54) is 0 Å². The van der Waals surface area contributed by atoms with Crippen LogP contribution >= 0.6 is 11.3 Å². The molecule has 2 aromatic carbocycles. The predicted molar refractivity (Wildman–Crippen MR) is 139 cm³/mol. The normalized spacial score (nSPS) is 12.1. The molecular formula is C27H31IN2O4S2. The quantitative estimate of drug-likeness (QED) is 0.164. The first kappa shape index (κ1) is 30.0. The number of aryl methyl sites for hydroxylation is 1. The number of nitrogens with zero attached hydrogens (tertiary/aromatic N) is 1. The Labute approximate surface area is 235 Å². The van der Waals surface area contributed by atoms with Gasteiger partial charge in [-0.05, 0) is 42.3 Å². The molecule has 0 spiro atoms. The van der Waals surface area contributed by atoms with Gasteiger partial charge in [-0.2, -0.15) is 0 Å². The molecule has 1 heterocycles. The Bertz CT molecular complexity index is 1320. The molecule has 0 bridgehead atoms. The number of likely N-dealkylation sites (N-methyl/N-ethyl adjacent to an activating group) is 1. The number of hydrogen-bond donors (Lipinski definition) is 1. The van der Waals surface area contributed by atoms with E-state index in [2.05, 4.69) is 16.6 Å². The molecule has 1 N–H and O–H groups in total. The van der Waals surface area contributed by atoms with Crippen LogP contribution in [0.2, 0.25) is 0 Å². The maximum atomic E-state index is 13.1. The van der Waals surface area contributed by atoms with Crippen molar-refractivity contribution in [1.82, 2.24) is 4.72 Å². The third-order valence-corrected chi connectivity index (χ3v) is 7.95. The number of ether oxygens (including phenoxy) is 1. The predicted octanol–water partition coefficient (Wildman–Crippen LogP) is 0.947. The molecule has 3 rings (SSSR count). The van der Waals surface area contributed by atoms with E-state index in [0.717, 1.165) is 28.0 Å². The Morgan fingerprint density at radius 2 is 1.75 bits per heavy atom. The Balaban J connectivity index is 0.00000456. The second kappa shape index (κ2) is 13.4. The lowest BCUT2D eigenvalue weighted by atomic mass is 10.1. The van der Waals surface area contributed by atoms with Gasteiger partial charge < -0.3 is 33.2 Å². The van der Waals surface area contributed by atoms with Gasteiger partial charge in [0, 0.05) is 5.56 Å². The fourth-order valence-corrected chi connectivity index (χ4v) is 5.87. The third kappa shape index (κ3) is 10.0. The highest BCUT2D eigenvalue weighted by Crippen LogP contribution is 2.22. The van der Waals surface area contributed by atoms with Crippen molar-refractivity contribution in [3.63, 3.8) is 0 Å². The molecule has 0 aliphatic carbocycles. The summed E-state index contributed by atoms with van der Waals surface area (Å²) in [7, 11) is 2.01. The summed E-state index contributed by atoms with van der Waals surface area (Å²) in [4.78, 5) is 13.2. The molecule has 0 saturated heterocycles. The number of sulfonamides is 1. The van der Waals surface area contributed by atoms with Crippen LogP contribution in [0.5, 0.6) is 0 Å². The van der Waals surface area contributed by atoms with E-state index in [4.69, 9.17) is 4.74 Å². The topological polar surface area (TPSA) is 72.5 Å². The molecule has 0 radical (unpaired) electrons. The number of thiophene rings is 1. The summed E-state index contributed by atoms with van der Waals surface area (Å²) >= 11 is 1.10. The summed E-state index contributed by atoms with van der Waals surface area (Å²) in [5, 5.41) is 0. The van der Waals surface area contributed by atoms with Gasteiger partial charge in [0.1, 0.15) is 10.8 Å². The Hall–Kier alpha value is -2.23. The van der Waals surface area contributed by atoms with Crippen molar-refractivity contribution in [2.75, 3.05) is 27.7 Å². The second-order valence-corrected chi connectivity index (χ2v) is 12.4. The van der Waals surface area contributed by atoms with E-state index in [0.29, 0.717) is 15.9 Å². The van der Waals surface area contributed by atoms with Gasteiger partial charge in [0.15, 0.2) is 0 Å². The van der Waals surface area contributed by atoms with Crippen LogP contribution in [0.4, 0.5) is 0 Å². The van der Waals surface area contributed by atoms with Crippen LogP contribution < -0.4 is 28.7 Å². The summed E-state index contributed by atoms with van der Waals surface area (Å²) in [6.45, 7) is 2.57. The highest BCUT2D eigenvalue weighted by molar-refractivity contribution is 7.91. The number of benzene rings is 2. The lowest BCUT2D eigenvalue weighted by molar-refractivity contribution is -0.871. The Morgan fingerprint density at radius 1 is 1.03 bits per heavy atom. The Kier molecular flexibility index (Phi) is 11.1. The number of esters is 1. The minimum absolute atomic E-state index is 0. The molecular weight excluding hydrogens is 607 g/mol. The molecule has 0 fully saturated rings. The van der Waals surface area contributed by atoms with E-state index in [1.807, 2.05) is 82.7 Å². The van der Waals surface area contributed by atoms with Crippen molar-refractivity contribution >= 4 is 27.3 Å². The summed E-state index contributed by atoms with van der Waals surface area (Å²) in [5.74, 6) is 5.66. The van der Waals surface area contributed by atoms with Crippen molar-refractivity contribution in [1.29, 1.82) is 0 Å². The first-order valence-electron chi connectivity index (χ1n) is 11.2. The van der Waals surface area contributed by atoms with E-state index >= 15 is 0 Å². The largest absolute Gasteiger partial charge is 1.00 e. The number of rotatable bonds is 9. The number of carbonyl (C=O) groups is 1. The van der Waals surface area contributed by atoms with E-state index in [-0.39, 0.29) is 41.2 Å². The summed E-state index contributed by atoms with van der Waals surface area (Å²) in [5.41, 5.74) is 2.86. The smallest absolute Gasteiger partial charge is 0.307 e. The van der Waals surface area contributed by atoms with Gasteiger partial charge in [-0.1, -0.05) is 54.3 Å². The molecule has 6 nitrogen and oxygen atoms in total. The standard InChI is InChI=1S/C27H31N2O4S2.HI/c1-21-9-8-12-22(17-21)13-14-25-15-16-27(34-25)35(31,32)28-24(19-29(2,3)4)18-26(30)33-20-23-10-6-5-7-11-23;/h5-12,15-17,24,28H,18-20H2,1-4H3;1H/q+1;/p-1/t24-;/m1./s1. The van der Waals surface area contributed by atoms with Crippen LogP contribution in [0.25, 0.3) is 0 Å². The average Bonchev–Trinajstić information content (AvgIpc) is 3.26. The fraction of sp³-hybridized carbons (Fsp3) is 0.296. The maximum absolute atomic E-state index is 13.1. The average molecular weight is 639 g/mol. The van der Waals surface area contributed by atoms with Crippen LogP contribution in [-0.2, 0) is 26.2 Å². The number of quaternary nitrogens is 1. The zero-order valence-electron chi connectivity index (χ0n) is 20.8. The van der Waals surface area contributed by atoms with Gasteiger partial charge in [0.25, 0.3) is 10.0 Å². The molecule has 9 heteroatoms. The molecule has 0 saturated carbocycles. The Morgan fingerprint density at radius 3 is 2.42 bits per heavy atom. The van der Waals surface area contributed by atoms with Gasteiger partial charge in [-0.3, -0.25) is 4.79 Å². The van der Waals surface area contributed by atoms with Crippen LogP contribution in [0.15, 0.2) is 70.9 Å². The maximum Gasteiger partial charge on any atom is 0.307 e. The first-order valence-corrected chi connectivity index (χ1v) is 13.5. The minimum atomic E-state index is -3.83. The molecule has 0 unspecified atom stereocenters. The molecule has 1 atom stereocenters. The lowest BCUT2D eigenvalue weighted by Crippen LogP contribution is -3.00. The number of hydrogen-bond acceptors (Lipinski definition) is 5. The number of nitrogens with one attached hydrogen (secondary N) is 1. The van der Waals surface area contributed by atoms with Crippen molar-refractivity contribution in [3.8, 4) is 11.8 Å². The molecule has 0 aliphatic heterocycles. The van der Waals surface area contributed by atoms with Crippen LogP contribution in [0.3, 0.4) is 0 Å². The minimum Gasteiger partial charge on any atom is -1.00 e. The van der Waals surface area contributed by atoms with Crippen molar-refractivity contribution in [2.24, 2.45) is 0 Å². The molecule has 3 aromatic rings. The van der Waals surface area contributed by atoms with Gasteiger partial charge in [0.2, 0.25) is 0 Å². The molecule has 1 aromatic heterocycles. The monoisotopic (exact) mass is 638 g/mol.